The van der Waals surface area contributed by atoms with Crippen molar-refractivity contribution >= 4 is 0 Å². The lowest BCUT2D eigenvalue weighted by atomic mass is 9.75. The molecule has 0 radical (unpaired) electrons. The van der Waals surface area contributed by atoms with Crippen molar-refractivity contribution < 1.29 is 13.9 Å². The molecule has 1 aromatic heterocycles. The second-order valence-electron chi connectivity index (χ2n) is 6.28. The van der Waals surface area contributed by atoms with Crippen LogP contribution in [0, 0.1) is 17.0 Å². The van der Waals surface area contributed by atoms with E-state index < -0.39 is 17.7 Å². The van der Waals surface area contributed by atoms with Gasteiger partial charge in [-0.3, -0.25) is 0 Å². The molecule has 1 aromatic carbocycles. The molecule has 0 aliphatic heterocycles. The van der Waals surface area contributed by atoms with Crippen LogP contribution < -0.4 is 0 Å². The van der Waals surface area contributed by atoms with Crippen LogP contribution in [0.25, 0.3) is 5.69 Å². The average Bonchev–Trinajstić information content (AvgIpc) is 2.69. The van der Waals surface area contributed by atoms with E-state index in [1.165, 1.54) is 12.1 Å². The maximum atomic E-state index is 13.4. The Morgan fingerprint density at radius 3 is 2.50 bits per heavy atom. The number of benzene rings is 1. The summed E-state index contributed by atoms with van der Waals surface area (Å²) in [5.41, 5.74) is 2.20. The van der Waals surface area contributed by atoms with E-state index in [0.717, 1.165) is 23.7 Å². The van der Waals surface area contributed by atoms with Gasteiger partial charge in [-0.15, -0.1) is 0 Å². The zero-order valence-electron chi connectivity index (χ0n) is 11.5. The summed E-state index contributed by atoms with van der Waals surface area (Å²) in [4.78, 5) is 0. The third-order valence-corrected chi connectivity index (χ3v) is 3.90. The number of fused-ring (bicyclic) bond motifs is 1. The predicted octanol–water partition coefficient (Wildman–Crippen LogP) is 3.76. The number of aromatic nitrogens is 1. The Balaban J connectivity index is 2.13. The van der Waals surface area contributed by atoms with Gasteiger partial charge < -0.3 is 9.67 Å². The van der Waals surface area contributed by atoms with E-state index in [1.54, 1.807) is 10.8 Å². The Morgan fingerprint density at radius 2 is 1.85 bits per heavy atom. The minimum Gasteiger partial charge on any atom is -0.388 e. The Bertz CT molecular complexity index is 640. The van der Waals surface area contributed by atoms with Crippen LogP contribution in [0.4, 0.5) is 8.78 Å². The van der Waals surface area contributed by atoms with E-state index in [1.807, 2.05) is 6.07 Å². The zero-order valence-corrected chi connectivity index (χ0v) is 11.5. The smallest absolute Gasteiger partial charge is 0.128 e. The Morgan fingerprint density at radius 1 is 1.20 bits per heavy atom. The highest BCUT2D eigenvalue weighted by Crippen LogP contribution is 2.41. The van der Waals surface area contributed by atoms with Crippen LogP contribution in [0.2, 0.25) is 0 Å². The molecule has 4 heteroatoms. The molecule has 3 rings (SSSR count). The zero-order chi connectivity index (χ0) is 14.5. The van der Waals surface area contributed by atoms with E-state index in [2.05, 4.69) is 13.8 Å². The van der Waals surface area contributed by atoms with Crippen LogP contribution in [-0.2, 0) is 6.42 Å². The molecule has 0 saturated heterocycles. The summed E-state index contributed by atoms with van der Waals surface area (Å²) in [6, 6.07) is 5.30. The highest BCUT2D eigenvalue weighted by Gasteiger charge is 2.33. The van der Waals surface area contributed by atoms with E-state index in [-0.39, 0.29) is 5.41 Å². The van der Waals surface area contributed by atoms with Crippen LogP contribution in [0.5, 0.6) is 0 Å². The lowest BCUT2D eigenvalue weighted by molar-refractivity contribution is 0.0987. The van der Waals surface area contributed by atoms with Gasteiger partial charge in [-0.25, -0.2) is 8.78 Å². The summed E-state index contributed by atoms with van der Waals surface area (Å²) in [5.74, 6) is -1.20. The van der Waals surface area contributed by atoms with Crippen LogP contribution in [0.3, 0.4) is 0 Å². The van der Waals surface area contributed by atoms with Crippen molar-refractivity contribution in [2.45, 2.75) is 32.8 Å². The molecular formula is C16H17F2NO. The summed E-state index contributed by atoms with van der Waals surface area (Å²) in [6.45, 7) is 4.17. The summed E-state index contributed by atoms with van der Waals surface area (Å²) in [5, 5.41) is 10.2. The summed E-state index contributed by atoms with van der Waals surface area (Å²) < 4.78 is 28.5. The van der Waals surface area contributed by atoms with E-state index in [4.69, 9.17) is 0 Å². The average molecular weight is 277 g/mol. The molecule has 1 N–H and O–H groups in total. The molecule has 0 saturated carbocycles. The number of hydrogen-bond acceptors (Lipinski definition) is 1. The Kier molecular flexibility index (Phi) is 2.94. The Labute approximate surface area is 116 Å². The molecule has 2 nitrogen and oxygen atoms in total. The van der Waals surface area contributed by atoms with Crippen LogP contribution in [-0.4, -0.2) is 9.67 Å². The topological polar surface area (TPSA) is 25.2 Å². The highest BCUT2D eigenvalue weighted by molar-refractivity contribution is 5.41. The normalized spacial score (nSPS) is 20.8. The van der Waals surface area contributed by atoms with Gasteiger partial charge in [-0.1, -0.05) is 13.8 Å². The SMILES string of the molecule is CC1(C)Cc2c(ccn2-c2cc(F)cc(F)c2)C(O)C1. The maximum Gasteiger partial charge on any atom is 0.128 e. The van der Waals surface area contributed by atoms with Gasteiger partial charge in [0, 0.05) is 23.5 Å². The molecule has 0 bridgehead atoms. The molecule has 20 heavy (non-hydrogen) atoms. The molecule has 1 heterocycles. The predicted molar refractivity (Wildman–Crippen MR) is 72.7 cm³/mol. The van der Waals surface area contributed by atoms with Crippen molar-refractivity contribution in [3.63, 3.8) is 0 Å². The first-order valence-electron chi connectivity index (χ1n) is 6.70. The Hall–Kier alpha value is -1.68. The van der Waals surface area contributed by atoms with Gasteiger partial charge in [-0.2, -0.15) is 0 Å². The van der Waals surface area contributed by atoms with Gasteiger partial charge in [0.25, 0.3) is 0 Å². The lowest BCUT2D eigenvalue weighted by Crippen LogP contribution is -2.26. The number of rotatable bonds is 1. The molecular weight excluding hydrogens is 260 g/mol. The van der Waals surface area contributed by atoms with E-state index >= 15 is 0 Å². The van der Waals surface area contributed by atoms with Gasteiger partial charge in [0.1, 0.15) is 11.6 Å². The number of aliphatic hydroxyl groups excluding tert-OH is 1. The quantitative estimate of drug-likeness (QED) is 0.843. The van der Waals surface area contributed by atoms with Gasteiger partial charge >= 0.3 is 0 Å². The van der Waals surface area contributed by atoms with Crippen LogP contribution in [0.15, 0.2) is 30.5 Å². The first-order chi connectivity index (χ1) is 9.35. The third kappa shape index (κ3) is 2.24. The van der Waals surface area contributed by atoms with Gasteiger partial charge in [0.05, 0.1) is 11.8 Å². The van der Waals surface area contributed by atoms with Crippen molar-refractivity contribution in [3.8, 4) is 5.69 Å². The first kappa shape index (κ1) is 13.3. The van der Waals surface area contributed by atoms with Crippen molar-refractivity contribution in [1.29, 1.82) is 0 Å². The molecule has 2 aromatic rings. The summed E-state index contributed by atoms with van der Waals surface area (Å²) in [6.07, 6.45) is 2.71. The van der Waals surface area contributed by atoms with Crippen molar-refractivity contribution in [2.75, 3.05) is 0 Å². The fourth-order valence-corrected chi connectivity index (χ4v) is 3.05. The van der Waals surface area contributed by atoms with Crippen molar-refractivity contribution in [2.24, 2.45) is 5.41 Å². The number of hydrogen-bond donors (Lipinski definition) is 1. The largest absolute Gasteiger partial charge is 0.388 e. The lowest BCUT2D eigenvalue weighted by Gasteiger charge is -2.33. The summed E-state index contributed by atoms with van der Waals surface area (Å²) >= 11 is 0. The molecule has 1 atom stereocenters. The van der Waals surface area contributed by atoms with E-state index in [9.17, 15) is 13.9 Å². The maximum absolute atomic E-state index is 13.4. The molecule has 0 amide bonds. The molecule has 106 valence electrons. The van der Waals surface area contributed by atoms with Crippen LogP contribution in [0.1, 0.15) is 37.6 Å². The molecule has 1 aliphatic rings. The van der Waals surface area contributed by atoms with E-state index in [0.29, 0.717) is 12.1 Å². The number of halogens is 2. The standard InChI is InChI=1S/C16H17F2NO/c1-16(2)8-14-13(15(20)9-16)3-4-19(14)12-6-10(17)5-11(18)7-12/h3-7,15,20H,8-9H2,1-2H3. The van der Waals surface area contributed by atoms with Crippen LogP contribution >= 0.6 is 0 Å². The van der Waals surface area contributed by atoms with Crippen molar-refractivity contribution in [3.05, 3.63) is 53.4 Å². The number of aliphatic hydroxyl groups is 1. The van der Waals surface area contributed by atoms with Gasteiger partial charge in [0.15, 0.2) is 0 Å². The van der Waals surface area contributed by atoms with Gasteiger partial charge in [-0.05, 0) is 36.5 Å². The second-order valence-corrected chi connectivity index (χ2v) is 6.28. The highest BCUT2D eigenvalue weighted by atomic mass is 19.1. The fourth-order valence-electron chi connectivity index (χ4n) is 3.05. The molecule has 0 spiro atoms. The minimum atomic E-state index is -0.599. The number of nitrogens with zero attached hydrogens (tertiary/aromatic N) is 1. The van der Waals surface area contributed by atoms with Gasteiger partial charge in [0.2, 0.25) is 0 Å². The molecule has 0 fully saturated rings. The first-order valence-corrected chi connectivity index (χ1v) is 6.70. The molecule has 1 unspecified atom stereocenters. The monoisotopic (exact) mass is 277 g/mol. The fraction of sp³-hybridized carbons (Fsp3) is 0.375. The third-order valence-electron chi connectivity index (χ3n) is 3.90. The second kappa shape index (κ2) is 4.42. The molecule has 1 aliphatic carbocycles. The summed E-state index contributed by atoms with van der Waals surface area (Å²) in [7, 11) is 0. The van der Waals surface area contributed by atoms with Crippen molar-refractivity contribution in [1.82, 2.24) is 4.57 Å². The minimum absolute atomic E-state index is 0.0333.